The molecule has 0 amide bonds. The van der Waals surface area contributed by atoms with Crippen LogP contribution in [0.3, 0.4) is 0 Å². The lowest BCUT2D eigenvalue weighted by atomic mass is 10.1. The first-order valence-electron chi connectivity index (χ1n) is 6.24. The predicted octanol–water partition coefficient (Wildman–Crippen LogP) is 2.64. The second kappa shape index (κ2) is 6.33. The summed E-state index contributed by atoms with van der Waals surface area (Å²) in [6.45, 7) is 8.57. The summed E-state index contributed by atoms with van der Waals surface area (Å²) in [7, 11) is 0. The van der Waals surface area contributed by atoms with Crippen molar-refractivity contribution in [3.8, 4) is 0 Å². The summed E-state index contributed by atoms with van der Waals surface area (Å²) in [4.78, 5) is 11.2. The van der Waals surface area contributed by atoms with E-state index < -0.39 is 5.97 Å². The van der Waals surface area contributed by atoms with Gasteiger partial charge < -0.3 is 10.4 Å². The molecule has 0 bridgehead atoms. The number of nitrogens with zero attached hydrogens (tertiary/aromatic N) is 2. The molecule has 0 aliphatic heterocycles. The SMILES string of the molecule is Cc1nnc(NCCCC(C)C)c(C(=O)O)c1C. The van der Waals surface area contributed by atoms with Gasteiger partial charge in [0.15, 0.2) is 5.82 Å². The smallest absolute Gasteiger partial charge is 0.339 e. The first-order valence-corrected chi connectivity index (χ1v) is 6.24. The van der Waals surface area contributed by atoms with Crippen LogP contribution in [0.2, 0.25) is 0 Å². The van der Waals surface area contributed by atoms with Gasteiger partial charge in [-0.1, -0.05) is 13.8 Å². The highest BCUT2D eigenvalue weighted by Gasteiger charge is 2.17. The molecule has 0 aromatic carbocycles. The lowest BCUT2D eigenvalue weighted by Crippen LogP contribution is -2.14. The Balaban J connectivity index is 2.76. The zero-order chi connectivity index (χ0) is 13.7. The molecule has 0 spiro atoms. The minimum atomic E-state index is -0.961. The summed E-state index contributed by atoms with van der Waals surface area (Å²) in [5.74, 6) is 0.0581. The topological polar surface area (TPSA) is 75.1 Å². The van der Waals surface area contributed by atoms with E-state index in [0.29, 0.717) is 23.0 Å². The van der Waals surface area contributed by atoms with Crippen LogP contribution in [0.1, 0.15) is 48.3 Å². The molecular weight excluding hydrogens is 230 g/mol. The maximum absolute atomic E-state index is 11.2. The minimum absolute atomic E-state index is 0.229. The van der Waals surface area contributed by atoms with Crippen molar-refractivity contribution in [1.29, 1.82) is 0 Å². The van der Waals surface area contributed by atoms with Crippen molar-refractivity contribution in [3.05, 3.63) is 16.8 Å². The lowest BCUT2D eigenvalue weighted by Gasteiger charge is -2.11. The van der Waals surface area contributed by atoms with E-state index in [1.807, 2.05) is 0 Å². The fourth-order valence-electron chi connectivity index (χ4n) is 1.71. The Morgan fingerprint density at radius 2 is 2.00 bits per heavy atom. The molecule has 100 valence electrons. The van der Waals surface area contributed by atoms with Crippen LogP contribution in [0.4, 0.5) is 5.82 Å². The van der Waals surface area contributed by atoms with E-state index in [4.69, 9.17) is 0 Å². The van der Waals surface area contributed by atoms with E-state index in [-0.39, 0.29) is 5.56 Å². The van der Waals surface area contributed by atoms with Gasteiger partial charge in [-0.15, -0.1) is 5.10 Å². The molecule has 0 radical (unpaired) electrons. The Morgan fingerprint density at radius 3 is 2.56 bits per heavy atom. The van der Waals surface area contributed by atoms with Crippen LogP contribution in [0.15, 0.2) is 0 Å². The average molecular weight is 251 g/mol. The summed E-state index contributed by atoms with van der Waals surface area (Å²) < 4.78 is 0. The van der Waals surface area contributed by atoms with Crippen molar-refractivity contribution in [2.24, 2.45) is 5.92 Å². The molecule has 2 N–H and O–H groups in total. The molecule has 18 heavy (non-hydrogen) atoms. The maximum atomic E-state index is 11.2. The van der Waals surface area contributed by atoms with Crippen molar-refractivity contribution < 1.29 is 9.90 Å². The highest BCUT2D eigenvalue weighted by molar-refractivity contribution is 5.94. The Kier molecular flexibility index (Phi) is 5.07. The molecule has 1 aromatic heterocycles. The van der Waals surface area contributed by atoms with E-state index in [9.17, 15) is 9.90 Å². The molecule has 0 saturated carbocycles. The van der Waals surface area contributed by atoms with Gasteiger partial charge in [0.2, 0.25) is 0 Å². The van der Waals surface area contributed by atoms with Crippen molar-refractivity contribution in [3.63, 3.8) is 0 Å². The fraction of sp³-hybridized carbons (Fsp3) is 0.615. The van der Waals surface area contributed by atoms with Gasteiger partial charge in [0.25, 0.3) is 0 Å². The number of carboxylic acid groups (broad SMARTS) is 1. The fourth-order valence-corrected chi connectivity index (χ4v) is 1.71. The Hall–Kier alpha value is -1.65. The molecular formula is C13H21N3O2. The van der Waals surface area contributed by atoms with E-state index in [2.05, 4.69) is 29.4 Å². The molecule has 0 atom stereocenters. The van der Waals surface area contributed by atoms with Crippen LogP contribution in [0.5, 0.6) is 0 Å². The van der Waals surface area contributed by atoms with Crippen molar-refractivity contribution >= 4 is 11.8 Å². The maximum Gasteiger partial charge on any atom is 0.339 e. The van der Waals surface area contributed by atoms with Gasteiger partial charge in [-0.25, -0.2) is 4.79 Å². The zero-order valence-corrected chi connectivity index (χ0v) is 11.4. The van der Waals surface area contributed by atoms with Gasteiger partial charge in [-0.2, -0.15) is 5.10 Å². The van der Waals surface area contributed by atoms with Gasteiger partial charge in [-0.3, -0.25) is 0 Å². The van der Waals surface area contributed by atoms with Gasteiger partial charge >= 0.3 is 5.97 Å². The number of aryl methyl sites for hydroxylation is 1. The highest BCUT2D eigenvalue weighted by Crippen LogP contribution is 2.18. The molecule has 5 heteroatoms. The van der Waals surface area contributed by atoms with Crippen LogP contribution in [-0.2, 0) is 0 Å². The number of aromatic carboxylic acids is 1. The van der Waals surface area contributed by atoms with Crippen LogP contribution >= 0.6 is 0 Å². The third kappa shape index (κ3) is 3.68. The number of carbonyl (C=O) groups is 1. The standard InChI is InChI=1S/C13H21N3O2/c1-8(2)6-5-7-14-12-11(13(17)18)9(3)10(4)15-16-12/h8H,5-7H2,1-4H3,(H,14,16)(H,17,18). The third-order valence-electron chi connectivity index (χ3n) is 2.92. The Labute approximate surface area is 108 Å². The van der Waals surface area contributed by atoms with Gasteiger partial charge in [0.1, 0.15) is 5.56 Å². The van der Waals surface area contributed by atoms with E-state index >= 15 is 0 Å². The molecule has 0 unspecified atom stereocenters. The predicted molar refractivity (Wildman–Crippen MR) is 71.0 cm³/mol. The average Bonchev–Trinajstić information content (AvgIpc) is 2.28. The highest BCUT2D eigenvalue weighted by atomic mass is 16.4. The number of hydrogen-bond acceptors (Lipinski definition) is 4. The summed E-state index contributed by atoms with van der Waals surface area (Å²) >= 11 is 0. The quantitative estimate of drug-likeness (QED) is 0.760. The summed E-state index contributed by atoms with van der Waals surface area (Å²) in [5, 5.41) is 20.2. The summed E-state index contributed by atoms with van der Waals surface area (Å²) in [6, 6.07) is 0. The molecule has 0 aliphatic carbocycles. The van der Waals surface area contributed by atoms with E-state index in [0.717, 1.165) is 19.4 Å². The molecule has 1 rings (SSSR count). The van der Waals surface area contributed by atoms with Crippen LogP contribution < -0.4 is 5.32 Å². The molecule has 0 fully saturated rings. The van der Waals surface area contributed by atoms with Crippen molar-refractivity contribution in [1.82, 2.24) is 10.2 Å². The van der Waals surface area contributed by atoms with E-state index in [1.165, 1.54) is 0 Å². The number of carboxylic acids is 1. The number of hydrogen-bond donors (Lipinski definition) is 2. The Bertz CT molecular complexity index is 430. The van der Waals surface area contributed by atoms with Crippen LogP contribution in [0.25, 0.3) is 0 Å². The number of aromatic nitrogens is 2. The van der Waals surface area contributed by atoms with E-state index in [1.54, 1.807) is 13.8 Å². The second-order valence-electron chi connectivity index (χ2n) is 4.90. The monoisotopic (exact) mass is 251 g/mol. The largest absolute Gasteiger partial charge is 0.478 e. The third-order valence-corrected chi connectivity index (χ3v) is 2.92. The summed E-state index contributed by atoms with van der Waals surface area (Å²) in [5.41, 5.74) is 1.55. The molecule has 1 aromatic rings. The first kappa shape index (κ1) is 14.4. The first-order chi connectivity index (χ1) is 8.43. The van der Waals surface area contributed by atoms with Gasteiger partial charge in [0, 0.05) is 6.54 Å². The van der Waals surface area contributed by atoms with Crippen molar-refractivity contribution in [2.75, 3.05) is 11.9 Å². The van der Waals surface area contributed by atoms with Crippen molar-refractivity contribution in [2.45, 2.75) is 40.5 Å². The molecule has 5 nitrogen and oxygen atoms in total. The number of rotatable bonds is 6. The second-order valence-corrected chi connectivity index (χ2v) is 4.90. The minimum Gasteiger partial charge on any atom is -0.478 e. The van der Waals surface area contributed by atoms with Gasteiger partial charge in [0.05, 0.1) is 5.69 Å². The van der Waals surface area contributed by atoms with Crippen LogP contribution in [-0.4, -0.2) is 27.8 Å². The zero-order valence-electron chi connectivity index (χ0n) is 11.4. The molecule has 0 aliphatic rings. The Morgan fingerprint density at radius 1 is 1.33 bits per heavy atom. The normalized spacial score (nSPS) is 10.7. The van der Waals surface area contributed by atoms with Crippen LogP contribution in [0, 0.1) is 19.8 Å². The summed E-state index contributed by atoms with van der Waals surface area (Å²) in [6.07, 6.45) is 2.10. The number of nitrogens with one attached hydrogen (secondary N) is 1. The lowest BCUT2D eigenvalue weighted by molar-refractivity contribution is 0.0696. The molecule has 1 heterocycles. The number of anilines is 1. The van der Waals surface area contributed by atoms with Gasteiger partial charge in [-0.05, 0) is 38.2 Å². The molecule has 0 saturated heterocycles.